The van der Waals surface area contributed by atoms with Crippen LogP contribution in [-0.4, -0.2) is 5.91 Å². The number of primary amides is 1. The normalized spacial score (nSPS) is 12.0. The van der Waals surface area contributed by atoms with Crippen LogP contribution in [0.5, 0.6) is 0 Å². The quantitative estimate of drug-likeness (QED) is 0.894. The second kappa shape index (κ2) is 6.00. The minimum Gasteiger partial charge on any atom is -0.378 e. The number of rotatable bonds is 4. The first-order valence-corrected chi connectivity index (χ1v) is 7.13. The highest BCUT2D eigenvalue weighted by Gasteiger charge is 2.12. The minimum absolute atomic E-state index is 0.159. The molecule has 1 atom stereocenters. The monoisotopic (exact) mass is 282 g/mol. The van der Waals surface area contributed by atoms with Crippen molar-refractivity contribution in [2.45, 2.75) is 33.7 Å². The molecule has 2 rings (SSSR count). The summed E-state index contributed by atoms with van der Waals surface area (Å²) < 4.78 is 0. The lowest BCUT2D eigenvalue weighted by Crippen LogP contribution is -2.15. The SMILES string of the molecule is Cc1ccc(C)c(C(C)Nc2cccc(C(N)=O)c2C)c1. The summed E-state index contributed by atoms with van der Waals surface area (Å²) in [5.74, 6) is -0.393. The van der Waals surface area contributed by atoms with Crippen molar-refractivity contribution in [1.82, 2.24) is 0 Å². The van der Waals surface area contributed by atoms with E-state index in [1.165, 1.54) is 16.7 Å². The Hall–Kier alpha value is -2.29. The van der Waals surface area contributed by atoms with Crippen LogP contribution in [0.2, 0.25) is 0 Å². The maximum absolute atomic E-state index is 11.4. The van der Waals surface area contributed by atoms with Gasteiger partial charge in [0.2, 0.25) is 5.91 Å². The van der Waals surface area contributed by atoms with Gasteiger partial charge in [-0.2, -0.15) is 0 Å². The standard InChI is InChI=1S/C18H22N2O/c1-11-8-9-12(2)16(10-11)14(4)20-17-7-5-6-15(13(17)3)18(19)21/h5-10,14,20H,1-4H3,(H2,19,21). The predicted molar refractivity (Wildman–Crippen MR) is 87.7 cm³/mol. The molecule has 0 aliphatic heterocycles. The number of amides is 1. The summed E-state index contributed by atoms with van der Waals surface area (Å²) in [5, 5.41) is 3.48. The molecule has 0 aliphatic rings. The Labute approximate surface area is 126 Å². The second-order valence-corrected chi connectivity index (χ2v) is 5.57. The Bertz CT molecular complexity index is 677. The van der Waals surface area contributed by atoms with Crippen LogP contribution in [0.3, 0.4) is 0 Å². The number of anilines is 1. The van der Waals surface area contributed by atoms with E-state index in [1.54, 1.807) is 6.07 Å². The number of carbonyl (C=O) groups excluding carboxylic acids is 1. The summed E-state index contributed by atoms with van der Waals surface area (Å²) in [6.07, 6.45) is 0. The van der Waals surface area contributed by atoms with E-state index in [0.717, 1.165) is 11.3 Å². The average molecular weight is 282 g/mol. The Morgan fingerprint density at radius 1 is 1.14 bits per heavy atom. The molecule has 0 aliphatic carbocycles. The van der Waals surface area contributed by atoms with Crippen molar-refractivity contribution >= 4 is 11.6 Å². The summed E-state index contributed by atoms with van der Waals surface area (Å²) in [4.78, 5) is 11.4. The molecule has 21 heavy (non-hydrogen) atoms. The first-order valence-electron chi connectivity index (χ1n) is 7.13. The van der Waals surface area contributed by atoms with Crippen LogP contribution in [0.1, 0.15) is 45.6 Å². The van der Waals surface area contributed by atoms with E-state index in [9.17, 15) is 4.79 Å². The number of carbonyl (C=O) groups is 1. The molecule has 0 bridgehead atoms. The van der Waals surface area contributed by atoms with Crippen LogP contribution in [0.15, 0.2) is 36.4 Å². The highest BCUT2D eigenvalue weighted by Crippen LogP contribution is 2.26. The Morgan fingerprint density at radius 3 is 2.52 bits per heavy atom. The molecule has 0 spiro atoms. The van der Waals surface area contributed by atoms with Crippen LogP contribution in [0.4, 0.5) is 5.69 Å². The Kier molecular flexibility index (Phi) is 4.32. The van der Waals surface area contributed by atoms with Gasteiger partial charge in [-0.1, -0.05) is 29.8 Å². The summed E-state index contributed by atoms with van der Waals surface area (Å²) in [5.41, 5.74) is 11.6. The van der Waals surface area contributed by atoms with Crippen molar-refractivity contribution in [2.24, 2.45) is 5.73 Å². The summed E-state index contributed by atoms with van der Waals surface area (Å²) in [7, 11) is 0. The molecule has 3 heteroatoms. The van der Waals surface area contributed by atoms with Gasteiger partial charge < -0.3 is 11.1 Å². The van der Waals surface area contributed by atoms with Gasteiger partial charge in [0.15, 0.2) is 0 Å². The molecule has 0 radical (unpaired) electrons. The zero-order chi connectivity index (χ0) is 15.6. The summed E-state index contributed by atoms with van der Waals surface area (Å²) >= 11 is 0. The molecule has 110 valence electrons. The van der Waals surface area contributed by atoms with Crippen molar-refractivity contribution in [3.63, 3.8) is 0 Å². The number of benzene rings is 2. The van der Waals surface area contributed by atoms with E-state index in [1.807, 2.05) is 19.1 Å². The van der Waals surface area contributed by atoms with E-state index >= 15 is 0 Å². The maximum atomic E-state index is 11.4. The Balaban J connectivity index is 2.32. The van der Waals surface area contributed by atoms with E-state index in [4.69, 9.17) is 5.73 Å². The number of aryl methyl sites for hydroxylation is 2. The maximum Gasteiger partial charge on any atom is 0.249 e. The van der Waals surface area contributed by atoms with Crippen LogP contribution in [-0.2, 0) is 0 Å². The topological polar surface area (TPSA) is 55.1 Å². The van der Waals surface area contributed by atoms with Crippen molar-refractivity contribution in [2.75, 3.05) is 5.32 Å². The third-order valence-electron chi connectivity index (χ3n) is 3.87. The fraction of sp³-hybridized carbons (Fsp3) is 0.278. The van der Waals surface area contributed by atoms with E-state index < -0.39 is 5.91 Å². The minimum atomic E-state index is -0.393. The van der Waals surface area contributed by atoms with Gasteiger partial charge in [-0.05, 0) is 56.5 Å². The average Bonchev–Trinajstić information content (AvgIpc) is 2.43. The van der Waals surface area contributed by atoms with Gasteiger partial charge in [-0.25, -0.2) is 0 Å². The molecule has 2 aromatic rings. The molecule has 3 nitrogen and oxygen atoms in total. The van der Waals surface area contributed by atoms with Crippen LogP contribution in [0, 0.1) is 20.8 Å². The van der Waals surface area contributed by atoms with Gasteiger partial charge in [0.1, 0.15) is 0 Å². The van der Waals surface area contributed by atoms with Gasteiger partial charge in [-0.15, -0.1) is 0 Å². The molecule has 0 fully saturated rings. The van der Waals surface area contributed by atoms with E-state index in [2.05, 4.69) is 44.3 Å². The van der Waals surface area contributed by atoms with Gasteiger partial charge in [0, 0.05) is 17.3 Å². The molecule has 0 saturated carbocycles. The first-order chi connectivity index (χ1) is 9.90. The van der Waals surface area contributed by atoms with Crippen LogP contribution >= 0.6 is 0 Å². The molecular weight excluding hydrogens is 260 g/mol. The number of hydrogen-bond acceptors (Lipinski definition) is 2. The van der Waals surface area contributed by atoms with Gasteiger partial charge in [0.25, 0.3) is 0 Å². The summed E-state index contributed by atoms with van der Waals surface area (Å²) in [6, 6.07) is 12.2. The first kappa shape index (κ1) is 15.1. The van der Waals surface area contributed by atoms with Crippen LogP contribution < -0.4 is 11.1 Å². The fourth-order valence-electron chi connectivity index (χ4n) is 2.60. The van der Waals surface area contributed by atoms with Gasteiger partial charge in [-0.3, -0.25) is 4.79 Å². The molecular formula is C18H22N2O. The van der Waals surface area contributed by atoms with Crippen molar-refractivity contribution < 1.29 is 4.79 Å². The smallest absolute Gasteiger partial charge is 0.249 e. The van der Waals surface area contributed by atoms with Crippen molar-refractivity contribution in [3.05, 3.63) is 64.2 Å². The molecule has 2 aromatic carbocycles. The molecule has 0 heterocycles. The van der Waals surface area contributed by atoms with Crippen molar-refractivity contribution in [1.29, 1.82) is 0 Å². The van der Waals surface area contributed by atoms with Crippen molar-refractivity contribution in [3.8, 4) is 0 Å². The highest BCUT2D eigenvalue weighted by molar-refractivity contribution is 5.95. The summed E-state index contributed by atoms with van der Waals surface area (Å²) in [6.45, 7) is 8.24. The van der Waals surface area contributed by atoms with Gasteiger partial charge >= 0.3 is 0 Å². The highest BCUT2D eigenvalue weighted by atomic mass is 16.1. The van der Waals surface area contributed by atoms with Crippen LogP contribution in [0.25, 0.3) is 0 Å². The largest absolute Gasteiger partial charge is 0.378 e. The zero-order valence-electron chi connectivity index (χ0n) is 13.0. The number of hydrogen-bond donors (Lipinski definition) is 2. The van der Waals surface area contributed by atoms with E-state index in [-0.39, 0.29) is 6.04 Å². The van der Waals surface area contributed by atoms with E-state index in [0.29, 0.717) is 5.56 Å². The molecule has 1 unspecified atom stereocenters. The molecule has 0 saturated heterocycles. The third-order valence-corrected chi connectivity index (χ3v) is 3.87. The fourth-order valence-corrected chi connectivity index (χ4v) is 2.60. The molecule has 0 aromatic heterocycles. The predicted octanol–water partition coefficient (Wildman–Crippen LogP) is 3.88. The number of nitrogens with two attached hydrogens (primary N) is 1. The lowest BCUT2D eigenvalue weighted by atomic mass is 9.99. The molecule has 1 amide bonds. The third kappa shape index (κ3) is 3.24. The lowest BCUT2D eigenvalue weighted by molar-refractivity contribution is 0.1000. The second-order valence-electron chi connectivity index (χ2n) is 5.57. The number of nitrogens with one attached hydrogen (secondary N) is 1. The molecule has 3 N–H and O–H groups in total. The zero-order valence-corrected chi connectivity index (χ0v) is 13.0. The Morgan fingerprint density at radius 2 is 1.86 bits per heavy atom. The van der Waals surface area contributed by atoms with Gasteiger partial charge in [0.05, 0.1) is 0 Å². The lowest BCUT2D eigenvalue weighted by Gasteiger charge is -2.20.